The summed E-state index contributed by atoms with van der Waals surface area (Å²) in [6.45, 7) is 31.8. The van der Waals surface area contributed by atoms with Gasteiger partial charge in [-0.05, 0) is 114 Å². The molecule has 1 aliphatic heterocycles. The number of hydrogen-bond acceptors (Lipinski definition) is 4. The Morgan fingerprint density at radius 2 is 1.01 bits per heavy atom. The Kier molecular flexibility index (Phi) is 14.2. The van der Waals surface area contributed by atoms with Gasteiger partial charge in [0.25, 0.3) is 0 Å². The smallest absolute Gasteiger partial charge is 0.200 e. The van der Waals surface area contributed by atoms with Crippen LogP contribution in [0.3, 0.4) is 0 Å². The topological polar surface area (TPSA) is 33.5 Å². The van der Waals surface area contributed by atoms with Gasteiger partial charge in [0.1, 0.15) is 5.82 Å². The molecule has 0 bridgehead atoms. The monoisotopic (exact) mass is 1320 g/mol. The average Bonchev–Trinajstić information content (AvgIpc) is 1.74. The van der Waals surface area contributed by atoms with Crippen molar-refractivity contribution in [3.8, 4) is 50.7 Å². The van der Waals surface area contributed by atoms with Crippen LogP contribution in [0.5, 0.6) is 11.5 Å². The van der Waals surface area contributed by atoms with E-state index in [0.29, 0.717) is 39.4 Å². The number of halogens is 5. The zero-order chi connectivity index (χ0) is 63.8. The zero-order valence-corrected chi connectivity index (χ0v) is 52.8. The molecule has 85 heavy (non-hydrogen) atoms. The summed E-state index contributed by atoms with van der Waals surface area (Å²) in [7, 11) is 0. The van der Waals surface area contributed by atoms with Crippen LogP contribution in [0.25, 0.3) is 61.0 Å². The number of pyridine rings is 1. The molecule has 0 saturated heterocycles. The molecule has 0 N–H and O–H groups in total. The fourth-order valence-corrected chi connectivity index (χ4v) is 10.7. The second-order valence-electron chi connectivity index (χ2n) is 27.1. The van der Waals surface area contributed by atoms with E-state index in [1.54, 1.807) is 59.1 Å². The van der Waals surface area contributed by atoms with E-state index in [2.05, 4.69) is 86.6 Å². The molecule has 1 aliphatic rings. The summed E-state index contributed by atoms with van der Waals surface area (Å²) in [6.07, 6.45) is 1.79. The van der Waals surface area contributed by atoms with Crippen LogP contribution < -0.4 is 14.5 Å². The first-order valence-corrected chi connectivity index (χ1v) is 28.2. The zero-order valence-electron chi connectivity index (χ0n) is 54.5. The van der Waals surface area contributed by atoms with Gasteiger partial charge in [0.2, 0.25) is 5.82 Å². The third kappa shape index (κ3) is 11.3. The molecule has 0 aliphatic carbocycles. The predicted molar refractivity (Wildman–Crippen MR) is 334 cm³/mol. The number of ether oxygens (including phenoxy) is 1. The number of anilines is 4. The summed E-state index contributed by atoms with van der Waals surface area (Å²) in [5.41, 5.74) is 4.02. The van der Waals surface area contributed by atoms with Gasteiger partial charge in [0.05, 0.1) is 11.0 Å². The summed E-state index contributed by atoms with van der Waals surface area (Å²) >= 11 is 0. The molecule has 3 heterocycles. The van der Waals surface area contributed by atoms with E-state index in [4.69, 9.17) is 9.72 Å². The van der Waals surface area contributed by atoms with Crippen molar-refractivity contribution in [1.29, 1.82) is 0 Å². The Hall–Kier alpha value is -7.55. The van der Waals surface area contributed by atoms with E-state index in [1.807, 2.05) is 107 Å². The van der Waals surface area contributed by atoms with Crippen molar-refractivity contribution in [1.82, 2.24) is 9.55 Å². The molecule has 0 spiro atoms. The second kappa shape index (κ2) is 21.8. The number of hydrogen-bond donors (Lipinski definition) is 0. The van der Waals surface area contributed by atoms with Gasteiger partial charge < -0.3 is 19.1 Å². The van der Waals surface area contributed by atoms with E-state index in [-0.39, 0.29) is 95.8 Å². The van der Waals surface area contributed by atoms with Crippen molar-refractivity contribution in [3.05, 3.63) is 221 Å². The largest absolute Gasteiger partial charge is 0.509 e. The van der Waals surface area contributed by atoms with Crippen molar-refractivity contribution in [2.24, 2.45) is 0 Å². The Morgan fingerprint density at radius 1 is 0.471 bits per heavy atom. The predicted octanol–water partition coefficient (Wildman–Crippen LogP) is 21.2. The molecule has 0 fully saturated rings. The summed E-state index contributed by atoms with van der Waals surface area (Å²) in [4.78, 5) is 8.27. The number of benzene rings is 8. The van der Waals surface area contributed by atoms with Crippen LogP contribution in [-0.2, 0) is 48.1 Å². The number of para-hydroxylation sites is 3. The van der Waals surface area contributed by atoms with Crippen LogP contribution in [0.4, 0.5) is 44.7 Å². The molecule has 11 rings (SSSR count). The van der Waals surface area contributed by atoms with Gasteiger partial charge in [0, 0.05) is 72.5 Å². The van der Waals surface area contributed by atoms with Crippen molar-refractivity contribution >= 4 is 44.6 Å². The maximum absolute atomic E-state index is 16.9. The third-order valence-corrected chi connectivity index (χ3v) is 15.7. The van der Waals surface area contributed by atoms with Crippen LogP contribution in [-0.4, -0.2) is 9.55 Å². The van der Waals surface area contributed by atoms with Gasteiger partial charge in [0.15, 0.2) is 23.3 Å². The maximum atomic E-state index is 16.9. The van der Waals surface area contributed by atoms with Gasteiger partial charge in [-0.25, -0.2) is 26.9 Å². The van der Waals surface area contributed by atoms with Gasteiger partial charge in [-0.1, -0.05) is 182 Å². The summed E-state index contributed by atoms with van der Waals surface area (Å²) in [5, 5.41) is 1.85. The summed E-state index contributed by atoms with van der Waals surface area (Å²) in [6, 6.07) is 41.8. The average molecular weight is 1330 g/mol. The molecule has 0 atom stereocenters. The summed E-state index contributed by atoms with van der Waals surface area (Å²) in [5.74, 6) is -9.43. The van der Waals surface area contributed by atoms with Crippen molar-refractivity contribution in [3.63, 3.8) is 0 Å². The van der Waals surface area contributed by atoms with E-state index < -0.39 is 56.3 Å². The number of fused-ring (bicyclic) bond motifs is 4. The molecule has 11 heteroatoms. The van der Waals surface area contributed by atoms with Crippen LogP contribution in [0.2, 0.25) is 0 Å². The quantitative estimate of drug-likeness (QED) is 0.0657. The minimum absolute atomic E-state index is 0. The molecule has 10 aromatic rings. The van der Waals surface area contributed by atoms with E-state index in [1.165, 1.54) is 6.07 Å². The molecule has 2 aromatic heterocycles. The molecule has 8 aromatic carbocycles. The molecule has 0 saturated carbocycles. The molecule has 440 valence electrons. The van der Waals surface area contributed by atoms with Gasteiger partial charge >= 0.3 is 0 Å². The minimum atomic E-state index is -2.28. The van der Waals surface area contributed by atoms with Crippen LogP contribution in [0, 0.1) is 47.9 Å². The second-order valence-corrected chi connectivity index (χ2v) is 27.1. The molecule has 0 amide bonds. The number of nitrogens with zero attached hydrogens (tertiary/aromatic N) is 4. The van der Waals surface area contributed by atoms with Gasteiger partial charge in [-0.15, -0.1) is 53.6 Å². The Balaban J connectivity index is 0.00000873. The summed E-state index contributed by atoms with van der Waals surface area (Å²) < 4.78 is 127. The first kappa shape index (κ1) is 55.3. The maximum Gasteiger partial charge on any atom is 0.200 e. The van der Waals surface area contributed by atoms with Gasteiger partial charge in [-0.2, -0.15) is 6.07 Å². The molecule has 5 nitrogen and oxygen atoms in total. The van der Waals surface area contributed by atoms with E-state index in [9.17, 15) is 5.48 Å². The first-order valence-electron chi connectivity index (χ1n) is 30.2. The van der Waals surface area contributed by atoms with E-state index in [0.717, 1.165) is 33.0 Å². The number of aromatic nitrogens is 2. The van der Waals surface area contributed by atoms with Crippen LogP contribution in [0.1, 0.15) is 137 Å². The van der Waals surface area contributed by atoms with Crippen LogP contribution in [0.15, 0.2) is 146 Å². The van der Waals surface area contributed by atoms with Crippen molar-refractivity contribution in [2.75, 3.05) is 9.80 Å². The third-order valence-electron chi connectivity index (χ3n) is 15.7. The normalized spacial score (nSPS) is 13.9. The Bertz CT molecular complexity index is 4420. The molecule has 0 radical (unpaired) electrons. The van der Waals surface area contributed by atoms with Crippen molar-refractivity contribution in [2.45, 2.75) is 131 Å². The minimum Gasteiger partial charge on any atom is -0.509 e. The molecule has 0 unspecified atom stereocenters. The first-order chi connectivity index (χ1) is 41.0. The molecular weight excluding hydrogens is 1250 g/mol. The van der Waals surface area contributed by atoms with Gasteiger partial charge in [-0.3, -0.25) is 0 Å². The molecular formula is C74H70F5N4OPt-3. The fraction of sp³-hybridized carbons (Fsp3) is 0.270. The Morgan fingerprint density at radius 3 is 1.61 bits per heavy atom. The Labute approximate surface area is 517 Å². The van der Waals surface area contributed by atoms with Crippen molar-refractivity contribution < 1.29 is 53.2 Å². The fourth-order valence-electron chi connectivity index (χ4n) is 10.7. The number of rotatable bonds is 8. The van der Waals surface area contributed by atoms with E-state index >= 15 is 22.0 Å². The SMILES string of the molecule is [2H]c1c([2H])c(C(C)(C)C)c([2H])c([2H])c1-c1cc(Oc2[c-]c3c(cc2)c2ccccc2n3-c2cc(C(C)(C)C)ccn2)[c-]c(N2[CH-]N(c3c(-c4cc(C(C)(C)C)cc(C(C)(C)C)c4)cc(C(C)(C)C)cc3-c3c(F)c(F)c(F)c(F)c3F)c3ccccc32)c1.[Pt]. The standard InChI is InChI=1S/C74H70F5N4O.Pt/c1-70(2,3)46-26-24-43(25-27-46)44-34-51(40-53(35-44)84-52-28-29-55-54-20-16-17-21-58(54)83(61(55)41-52)62-39-47(30-31-80-62)71(4,5)6)81-42-82(60-23-19-18-22-59(60)81)69-56(45-32-48(72(7,8)9)36-49(33-45)73(10,11)12)37-50(74(13,14)15)38-57(69)63-64(75)66(77)68(79)67(78)65(63)76;/h16-39,42H,1-15H3;/q-3;/i24D,25D,26D,27D;. The van der Waals surface area contributed by atoms with Crippen LogP contribution >= 0.6 is 0 Å².